The molecular formula is C21H31NO5. The van der Waals surface area contributed by atoms with Crippen molar-refractivity contribution in [1.82, 2.24) is 4.90 Å². The normalized spacial score (nSPS) is 26.6. The van der Waals surface area contributed by atoms with Gasteiger partial charge in [0.1, 0.15) is 11.5 Å². The molecule has 3 atom stereocenters. The Balaban J connectivity index is 1.42. The highest BCUT2D eigenvalue weighted by atomic mass is 16.5. The molecular weight excluding hydrogens is 346 g/mol. The van der Waals surface area contributed by atoms with Crippen LogP contribution in [0.4, 0.5) is 0 Å². The number of nitrogens with zero attached hydrogens (tertiary/aromatic N) is 1. The lowest BCUT2D eigenvalue weighted by Crippen LogP contribution is -2.46. The molecule has 1 heterocycles. The highest BCUT2D eigenvalue weighted by molar-refractivity contribution is 5.79. The summed E-state index contributed by atoms with van der Waals surface area (Å²) < 4.78 is 16.4. The molecule has 0 radical (unpaired) electrons. The van der Waals surface area contributed by atoms with E-state index >= 15 is 0 Å². The maximum Gasteiger partial charge on any atom is 0.225 e. The number of aliphatic hydroxyl groups is 1. The molecule has 150 valence electrons. The Morgan fingerprint density at radius 3 is 2.37 bits per heavy atom. The van der Waals surface area contributed by atoms with Gasteiger partial charge in [0, 0.05) is 26.1 Å². The second-order valence-corrected chi connectivity index (χ2v) is 7.61. The van der Waals surface area contributed by atoms with Crippen molar-refractivity contribution in [2.24, 2.45) is 11.8 Å². The number of hydrogen-bond acceptors (Lipinski definition) is 5. The van der Waals surface area contributed by atoms with E-state index in [1.165, 1.54) is 0 Å². The monoisotopic (exact) mass is 377 g/mol. The molecule has 0 unspecified atom stereocenters. The van der Waals surface area contributed by atoms with Gasteiger partial charge >= 0.3 is 0 Å². The molecule has 27 heavy (non-hydrogen) atoms. The molecule has 2 fully saturated rings. The van der Waals surface area contributed by atoms with Crippen molar-refractivity contribution in [3.05, 3.63) is 24.3 Å². The molecule has 1 saturated heterocycles. The highest BCUT2D eigenvalue weighted by Gasteiger charge is 2.36. The lowest BCUT2D eigenvalue weighted by Gasteiger charge is -2.37. The Labute approximate surface area is 161 Å². The quantitative estimate of drug-likeness (QED) is 0.825. The number of amides is 1. The lowest BCUT2D eigenvalue weighted by molar-refractivity contribution is -0.142. The second kappa shape index (κ2) is 9.42. The van der Waals surface area contributed by atoms with Crippen molar-refractivity contribution >= 4 is 5.91 Å². The van der Waals surface area contributed by atoms with Crippen LogP contribution in [0.3, 0.4) is 0 Å². The van der Waals surface area contributed by atoms with Crippen molar-refractivity contribution in [1.29, 1.82) is 0 Å². The van der Waals surface area contributed by atoms with Crippen LogP contribution in [0.2, 0.25) is 0 Å². The molecule has 1 amide bonds. The van der Waals surface area contributed by atoms with Gasteiger partial charge in [0.05, 0.1) is 25.9 Å². The van der Waals surface area contributed by atoms with Crippen molar-refractivity contribution < 1.29 is 24.1 Å². The van der Waals surface area contributed by atoms with Gasteiger partial charge in [-0.3, -0.25) is 4.79 Å². The summed E-state index contributed by atoms with van der Waals surface area (Å²) in [5.41, 5.74) is 0. The van der Waals surface area contributed by atoms with E-state index in [9.17, 15) is 9.90 Å². The number of hydrogen-bond donors (Lipinski definition) is 1. The summed E-state index contributed by atoms with van der Waals surface area (Å²) in [6.07, 6.45) is 3.27. The smallest absolute Gasteiger partial charge is 0.225 e. The molecule has 2 aliphatic rings. The number of ether oxygens (including phenoxy) is 3. The van der Waals surface area contributed by atoms with Gasteiger partial charge < -0.3 is 24.2 Å². The molecule has 6 heteroatoms. The predicted molar refractivity (Wildman–Crippen MR) is 102 cm³/mol. The number of rotatable bonds is 6. The third-order valence-corrected chi connectivity index (χ3v) is 5.88. The fourth-order valence-electron chi connectivity index (χ4n) is 4.06. The third kappa shape index (κ3) is 5.14. The van der Waals surface area contributed by atoms with Gasteiger partial charge in [-0.25, -0.2) is 0 Å². The molecule has 1 N–H and O–H groups in total. The average Bonchev–Trinajstić information content (AvgIpc) is 2.73. The van der Waals surface area contributed by atoms with E-state index in [1.54, 1.807) is 14.2 Å². The van der Waals surface area contributed by atoms with Crippen molar-refractivity contribution in [3.63, 3.8) is 0 Å². The summed E-state index contributed by atoms with van der Waals surface area (Å²) >= 11 is 0. The van der Waals surface area contributed by atoms with Crippen LogP contribution in [0.15, 0.2) is 24.3 Å². The molecule has 1 aliphatic heterocycles. The van der Waals surface area contributed by atoms with Gasteiger partial charge in [0.2, 0.25) is 5.91 Å². The molecule has 1 aromatic rings. The zero-order valence-corrected chi connectivity index (χ0v) is 16.3. The highest BCUT2D eigenvalue weighted by Crippen LogP contribution is 2.30. The Morgan fingerprint density at radius 2 is 1.74 bits per heavy atom. The van der Waals surface area contributed by atoms with Crippen LogP contribution in [0, 0.1) is 11.8 Å². The third-order valence-electron chi connectivity index (χ3n) is 5.88. The van der Waals surface area contributed by atoms with Crippen LogP contribution in [0.5, 0.6) is 11.5 Å². The average molecular weight is 377 g/mol. The Bertz CT molecular complexity index is 597. The lowest BCUT2D eigenvalue weighted by atomic mass is 9.83. The van der Waals surface area contributed by atoms with Crippen LogP contribution in [0.1, 0.15) is 32.1 Å². The maximum absolute atomic E-state index is 12.8. The number of aliphatic hydroxyl groups excluding tert-OH is 1. The summed E-state index contributed by atoms with van der Waals surface area (Å²) in [5, 5.41) is 9.93. The Kier molecular flexibility index (Phi) is 6.96. The number of piperidine rings is 1. The molecule has 0 bridgehead atoms. The first-order valence-corrected chi connectivity index (χ1v) is 9.87. The number of likely N-dealkylation sites (tertiary alicyclic amines) is 1. The minimum absolute atomic E-state index is 0.0227. The molecule has 0 spiro atoms. The van der Waals surface area contributed by atoms with E-state index in [2.05, 4.69) is 0 Å². The molecule has 3 rings (SSSR count). The van der Waals surface area contributed by atoms with Gasteiger partial charge in [-0.15, -0.1) is 0 Å². The van der Waals surface area contributed by atoms with Crippen molar-refractivity contribution in [2.75, 3.05) is 33.9 Å². The van der Waals surface area contributed by atoms with E-state index in [-0.39, 0.29) is 17.9 Å². The summed E-state index contributed by atoms with van der Waals surface area (Å²) in [4.78, 5) is 14.8. The van der Waals surface area contributed by atoms with Crippen LogP contribution in [-0.2, 0) is 9.53 Å². The van der Waals surface area contributed by atoms with Crippen LogP contribution in [0.25, 0.3) is 0 Å². The molecule has 1 aliphatic carbocycles. The van der Waals surface area contributed by atoms with E-state index in [4.69, 9.17) is 14.2 Å². The topological polar surface area (TPSA) is 68.2 Å². The SMILES string of the molecule is COc1ccc(OCC2CCN(C(=O)[C@@H]3CC[C@H](O)[C@H](OC)C3)CC2)cc1. The molecule has 1 aromatic carbocycles. The zero-order chi connectivity index (χ0) is 19.2. The van der Waals surface area contributed by atoms with E-state index in [1.807, 2.05) is 29.2 Å². The summed E-state index contributed by atoms with van der Waals surface area (Å²) in [6.45, 7) is 2.24. The number of benzene rings is 1. The van der Waals surface area contributed by atoms with Gasteiger partial charge in [-0.05, 0) is 62.3 Å². The summed E-state index contributed by atoms with van der Waals surface area (Å²) in [6, 6.07) is 7.62. The Hall–Kier alpha value is -1.79. The number of methoxy groups -OCH3 is 2. The van der Waals surface area contributed by atoms with E-state index in [0.717, 1.165) is 43.9 Å². The Morgan fingerprint density at radius 1 is 1.07 bits per heavy atom. The first kappa shape index (κ1) is 20.0. The number of carbonyl (C=O) groups excluding carboxylic acids is 1. The molecule has 6 nitrogen and oxygen atoms in total. The minimum atomic E-state index is -0.445. The standard InChI is InChI=1S/C21H31NO5/c1-25-17-4-6-18(7-5-17)27-14-15-9-11-22(12-10-15)21(24)16-3-8-19(23)20(13-16)26-2/h4-7,15-16,19-20,23H,3,8-14H2,1-2H3/t16-,19+,20-/m1/s1. The van der Waals surface area contributed by atoms with E-state index < -0.39 is 6.10 Å². The maximum atomic E-state index is 12.8. The van der Waals surface area contributed by atoms with Crippen LogP contribution in [-0.4, -0.2) is 62.0 Å². The minimum Gasteiger partial charge on any atom is -0.497 e. The summed E-state index contributed by atoms with van der Waals surface area (Å²) in [5.74, 6) is 2.33. The first-order chi connectivity index (χ1) is 13.1. The van der Waals surface area contributed by atoms with Gasteiger partial charge in [0.15, 0.2) is 0 Å². The second-order valence-electron chi connectivity index (χ2n) is 7.61. The zero-order valence-electron chi connectivity index (χ0n) is 16.3. The van der Waals surface area contributed by atoms with Crippen molar-refractivity contribution in [2.45, 2.75) is 44.3 Å². The van der Waals surface area contributed by atoms with Crippen LogP contribution >= 0.6 is 0 Å². The van der Waals surface area contributed by atoms with Gasteiger partial charge in [-0.2, -0.15) is 0 Å². The number of carbonyl (C=O) groups is 1. The van der Waals surface area contributed by atoms with Gasteiger partial charge in [0.25, 0.3) is 0 Å². The molecule has 0 aromatic heterocycles. The predicted octanol–water partition coefficient (Wildman–Crippen LogP) is 2.49. The largest absolute Gasteiger partial charge is 0.497 e. The van der Waals surface area contributed by atoms with Gasteiger partial charge in [-0.1, -0.05) is 0 Å². The fourth-order valence-corrected chi connectivity index (χ4v) is 4.06. The van der Waals surface area contributed by atoms with E-state index in [0.29, 0.717) is 25.4 Å². The first-order valence-electron chi connectivity index (χ1n) is 9.87. The summed E-state index contributed by atoms with van der Waals surface area (Å²) in [7, 11) is 3.25. The van der Waals surface area contributed by atoms with Crippen LogP contribution < -0.4 is 9.47 Å². The van der Waals surface area contributed by atoms with Crippen molar-refractivity contribution in [3.8, 4) is 11.5 Å². The fraction of sp³-hybridized carbons (Fsp3) is 0.667. The molecule has 1 saturated carbocycles.